The molecule has 3 heteroatoms. The predicted molar refractivity (Wildman–Crippen MR) is 76.5 cm³/mol. The van der Waals surface area contributed by atoms with Crippen molar-refractivity contribution in [2.75, 3.05) is 33.4 Å². The molecule has 2 rings (SSSR count). The van der Waals surface area contributed by atoms with Crippen LogP contribution in [0.15, 0.2) is 24.3 Å². The van der Waals surface area contributed by atoms with Gasteiger partial charge in [-0.05, 0) is 44.3 Å². The first kappa shape index (κ1) is 14.2. The standard InChI is InChI=1S/C16H23NO2/c1-13-5-3-4-6-15(13)16(18)11-17-9-7-14(8-10-17)12-19-2/h3-6,14H,7-12H2,1-2H3. The van der Waals surface area contributed by atoms with Gasteiger partial charge in [0, 0.05) is 19.3 Å². The number of hydrogen-bond acceptors (Lipinski definition) is 3. The fourth-order valence-corrected chi connectivity index (χ4v) is 2.72. The van der Waals surface area contributed by atoms with Crippen molar-refractivity contribution < 1.29 is 9.53 Å². The quantitative estimate of drug-likeness (QED) is 0.763. The second kappa shape index (κ2) is 6.83. The van der Waals surface area contributed by atoms with Gasteiger partial charge in [0.25, 0.3) is 0 Å². The van der Waals surface area contributed by atoms with Crippen LogP contribution in [-0.2, 0) is 4.74 Å². The molecule has 19 heavy (non-hydrogen) atoms. The molecule has 0 N–H and O–H groups in total. The Labute approximate surface area is 115 Å². The molecule has 0 unspecified atom stereocenters. The van der Waals surface area contributed by atoms with Crippen molar-refractivity contribution in [2.45, 2.75) is 19.8 Å². The fourth-order valence-electron chi connectivity index (χ4n) is 2.72. The number of likely N-dealkylation sites (tertiary alicyclic amines) is 1. The lowest BCUT2D eigenvalue weighted by Gasteiger charge is -2.31. The lowest BCUT2D eigenvalue weighted by atomic mass is 9.97. The van der Waals surface area contributed by atoms with Gasteiger partial charge in [-0.1, -0.05) is 24.3 Å². The molecule has 0 spiro atoms. The number of carbonyl (C=O) groups excluding carboxylic acids is 1. The number of methoxy groups -OCH3 is 1. The third-order valence-corrected chi connectivity index (χ3v) is 3.92. The van der Waals surface area contributed by atoms with Gasteiger partial charge >= 0.3 is 0 Å². The van der Waals surface area contributed by atoms with Gasteiger partial charge in [-0.15, -0.1) is 0 Å². The Morgan fingerprint density at radius 2 is 2.00 bits per heavy atom. The van der Waals surface area contributed by atoms with Gasteiger partial charge in [0.15, 0.2) is 5.78 Å². The summed E-state index contributed by atoms with van der Waals surface area (Å²) in [6, 6.07) is 7.83. The minimum Gasteiger partial charge on any atom is -0.384 e. The predicted octanol–water partition coefficient (Wildman–Crippen LogP) is 2.54. The summed E-state index contributed by atoms with van der Waals surface area (Å²) in [6.07, 6.45) is 2.27. The van der Waals surface area contributed by atoms with Gasteiger partial charge in [-0.25, -0.2) is 0 Å². The summed E-state index contributed by atoms with van der Waals surface area (Å²) in [6.45, 7) is 5.40. The Hall–Kier alpha value is -1.19. The SMILES string of the molecule is COCC1CCN(CC(=O)c2ccccc2C)CC1. The first-order valence-electron chi connectivity index (χ1n) is 7.01. The molecule has 1 aromatic carbocycles. The molecule has 0 aliphatic carbocycles. The van der Waals surface area contributed by atoms with Gasteiger partial charge in [0.1, 0.15) is 0 Å². The van der Waals surface area contributed by atoms with E-state index in [1.54, 1.807) is 7.11 Å². The van der Waals surface area contributed by atoms with Crippen molar-refractivity contribution in [3.63, 3.8) is 0 Å². The smallest absolute Gasteiger partial charge is 0.177 e. The Morgan fingerprint density at radius 1 is 1.32 bits per heavy atom. The van der Waals surface area contributed by atoms with Crippen LogP contribution in [0.4, 0.5) is 0 Å². The molecule has 0 radical (unpaired) electrons. The Kier molecular flexibility index (Phi) is 5.11. The van der Waals surface area contributed by atoms with Crippen molar-refractivity contribution in [3.05, 3.63) is 35.4 Å². The number of carbonyl (C=O) groups is 1. The zero-order chi connectivity index (χ0) is 13.7. The van der Waals surface area contributed by atoms with Gasteiger partial charge < -0.3 is 4.74 Å². The lowest BCUT2D eigenvalue weighted by Crippen LogP contribution is -2.38. The van der Waals surface area contributed by atoms with Crippen LogP contribution in [0.2, 0.25) is 0 Å². The van der Waals surface area contributed by atoms with Crippen LogP contribution < -0.4 is 0 Å². The summed E-state index contributed by atoms with van der Waals surface area (Å²) in [5, 5.41) is 0. The number of rotatable bonds is 5. The highest BCUT2D eigenvalue weighted by molar-refractivity contribution is 5.98. The first-order valence-corrected chi connectivity index (χ1v) is 7.01. The van der Waals surface area contributed by atoms with Crippen LogP contribution in [0.1, 0.15) is 28.8 Å². The summed E-state index contributed by atoms with van der Waals surface area (Å²) in [5.74, 6) is 0.901. The van der Waals surface area contributed by atoms with E-state index in [0.29, 0.717) is 12.5 Å². The molecule has 0 amide bonds. The number of nitrogens with zero attached hydrogens (tertiary/aromatic N) is 1. The molecule has 1 aliphatic heterocycles. The largest absolute Gasteiger partial charge is 0.384 e. The van der Waals surface area contributed by atoms with Crippen LogP contribution in [0, 0.1) is 12.8 Å². The average Bonchev–Trinajstić information content (AvgIpc) is 2.42. The van der Waals surface area contributed by atoms with Crippen molar-refractivity contribution in [1.82, 2.24) is 4.90 Å². The third-order valence-electron chi connectivity index (χ3n) is 3.92. The molecule has 104 valence electrons. The topological polar surface area (TPSA) is 29.5 Å². The van der Waals surface area contributed by atoms with Crippen LogP contribution in [0.25, 0.3) is 0 Å². The monoisotopic (exact) mass is 261 g/mol. The molecular formula is C16H23NO2. The maximum Gasteiger partial charge on any atom is 0.177 e. The zero-order valence-electron chi connectivity index (χ0n) is 11.9. The van der Waals surface area contributed by atoms with Gasteiger partial charge in [0.05, 0.1) is 6.54 Å². The second-order valence-electron chi connectivity index (χ2n) is 5.41. The molecule has 1 aliphatic rings. The van der Waals surface area contributed by atoms with E-state index in [9.17, 15) is 4.79 Å². The maximum atomic E-state index is 12.3. The lowest BCUT2D eigenvalue weighted by molar-refractivity contribution is 0.0809. The summed E-state index contributed by atoms with van der Waals surface area (Å²) in [4.78, 5) is 14.5. The number of piperidine rings is 1. The second-order valence-corrected chi connectivity index (χ2v) is 5.41. The Morgan fingerprint density at radius 3 is 2.63 bits per heavy atom. The highest BCUT2D eigenvalue weighted by Gasteiger charge is 2.21. The van der Waals surface area contributed by atoms with Crippen molar-refractivity contribution >= 4 is 5.78 Å². The number of ketones is 1. The molecule has 1 heterocycles. The van der Waals surface area contributed by atoms with Crippen LogP contribution in [-0.4, -0.2) is 44.0 Å². The van der Waals surface area contributed by atoms with E-state index in [1.165, 1.54) is 0 Å². The van der Waals surface area contributed by atoms with E-state index in [0.717, 1.165) is 43.7 Å². The molecule has 0 saturated carbocycles. The van der Waals surface area contributed by atoms with E-state index in [1.807, 2.05) is 31.2 Å². The van der Waals surface area contributed by atoms with E-state index >= 15 is 0 Å². The van der Waals surface area contributed by atoms with Gasteiger partial charge in [-0.3, -0.25) is 9.69 Å². The van der Waals surface area contributed by atoms with Gasteiger partial charge in [0.2, 0.25) is 0 Å². The molecule has 1 aromatic rings. The molecule has 0 atom stereocenters. The van der Waals surface area contributed by atoms with Crippen LogP contribution in [0.5, 0.6) is 0 Å². The summed E-state index contributed by atoms with van der Waals surface area (Å²) >= 11 is 0. The Bertz CT molecular complexity index is 423. The zero-order valence-corrected chi connectivity index (χ0v) is 11.9. The highest BCUT2D eigenvalue weighted by atomic mass is 16.5. The molecule has 3 nitrogen and oxygen atoms in total. The van der Waals surface area contributed by atoms with Gasteiger partial charge in [-0.2, -0.15) is 0 Å². The molecule has 1 saturated heterocycles. The van der Waals surface area contributed by atoms with Crippen molar-refractivity contribution in [1.29, 1.82) is 0 Å². The minimum atomic E-state index is 0.239. The third kappa shape index (κ3) is 3.88. The van der Waals surface area contributed by atoms with E-state index in [-0.39, 0.29) is 5.78 Å². The maximum absolute atomic E-state index is 12.3. The van der Waals surface area contributed by atoms with Crippen LogP contribution in [0.3, 0.4) is 0 Å². The normalized spacial score (nSPS) is 17.6. The number of aryl methyl sites for hydroxylation is 1. The summed E-state index contributed by atoms with van der Waals surface area (Å²) in [5.41, 5.74) is 1.93. The first-order chi connectivity index (χ1) is 9.20. The van der Waals surface area contributed by atoms with Crippen molar-refractivity contribution in [3.8, 4) is 0 Å². The summed E-state index contributed by atoms with van der Waals surface area (Å²) < 4.78 is 5.20. The van der Waals surface area contributed by atoms with E-state index in [4.69, 9.17) is 4.74 Å². The number of hydrogen-bond donors (Lipinski definition) is 0. The Balaban J connectivity index is 1.86. The molecule has 0 aromatic heterocycles. The highest BCUT2D eigenvalue weighted by Crippen LogP contribution is 2.18. The van der Waals surface area contributed by atoms with E-state index in [2.05, 4.69) is 4.90 Å². The minimum absolute atomic E-state index is 0.239. The van der Waals surface area contributed by atoms with E-state index < -0.39 is 0 Å². The van der Waals surface area contributed by atoms with Crippen molar-refractivity contribution in [2.24, 2.45) is 5.92 Å². The number of Topliss-reactive ketones (excluding diaryl/α,β-unsaturated/α-hetero) is 1. The molecular weight excluding hydrogens is 238 g/mol. The fraction of sp³-hybridized carbons (Fsp3) is 0.562. The number of benzene rings is 1. The molecule has 0 bridgehead atoms. The average molecular weight is 261 g/mol. The van der Waals surface area contributed by atoms with Crippen LogP contribution >= 0.6 is 0 Å². The summed E-state index contributed by atoms with van der Waals surface area (Å²) in [7, 11) is 1.76. The molecule has 1 fully saturated rings. The number of ether oxygens (including phenoxy) is 1.